The molecular weight excluding hydrogens is 259 g/mol. The molecule has 2 N–H and O–H groups in total. The number of aliphatic carboxylic acids is 1. The minimum atomic E-state index is -1.04. The van der Waals surface area contributed by atoms with Crippen molar-refractivity contribution < 1.29 is 14.3 Å². The molecule has 0 aliphatic carbocycles. The van der Waals surface area contributed by atoms with E-state index in [2.05, 4.69) is 5.32 Å². The number of piperazine rings is 1. The molecule has 4 nitrogen and oxygen atoms in total. The van der Waals surface area contributed by atoms with Gasteiger partial charge in [-0.05, 0) is 12.1 Å². The van der Waals surface area contributed by atoms with Gasteiger partial charge in [0.15, 0.2) is 0 Å². The molecule has 0 aromatic heterocycles. The highest BCUT2D eigenvalue weighted by Crippen LogP contribution is 2.26. The molecule has 0 bridgehead atoms. The van der Waals surface area contributed by atoms with Gasteiger partial charge in [-0.1, -0.05) is 17.7 Å². The Morgan fingerprint density at radius 2 is 2.11 bits per heavy atom. The van der Waals surface area contributed by atoms with Crippen LogP contribution in [0, 0.1) is 5.82 Å². The molecule has 98 valence electrons. The highest BCUT2D eigenvalue weighted by atomic mass is 35.5. The first-order valence-corrected chi connectivity index (χ1v) is 6.10. The lowest BCUT2D eigenvalue weighted by atomic mass is 10.0. The summed E-state index contributed by atoms with van der Waals surface area (Å²) in [6, 6.07) is 3.15. The first-order valence-electron chi connectivity index (χ1n) is 5.72. The summed E-state index contributed by atoms with van der Waals surface area (Å²) in [5.74, 6) is -1.62. The van der Waals surface area contributed by atoms with E-state index in [0.717, 1.165) is 6.07 Å². The molecule has 1 heterocycles. The average molecular weight is 273 g/mol. The van der Waals surface area contributed by atoms with Crippen molar-refractivity contribution in [2.45, 2.75) is 6.04 Å². The van der Waals surface area contributed by atoms with Crippen LogP contribution in [0.25, 0.3) is 0 Å². The maximum Gasteiger partial charge on any atom is 0.325 e. The normalized spacial score (nSPS) is 18.6. The van der Waals surface area contributed by atoms with Crippen molar-refractivity contribution in [3.8, 4) is 0 Å². The van der Waals surface area contributed by atoms with E-state index in [1.807, 2.05) is 0 Å². The zero-order valence-corrected chi connectivity index (χ0v) is 10.5. The number of carboxylic acid groups (broad SMARTS) is 1. The van der Waals surface area contributed by atoms with Crippen molar-refractivity contribution in [2.75, 3.05) is 26.2 Å². The third kappa shape index (κ3) is 2.80. The van der Waals surface area contributed by atoms with Crippen LogP contribution in [-0.4, -0.2) is 42.2 Å². The molecule has 1 saturated heterocycles. The summed E-state index contributed by atoms with van der Waals surface area (Å²) in [6.45, 7) is 2.58. The number of hydrogen-bond donors (Lipinski definition) is 2. The second-order valence-electron chi connectivity index (χ2n) is 4.19. The topological polar surface area (TPSA) is 52.6 Å². The average Bonchev–Trinajstić information content (AvgIpc) is 2.33. The number of carbonyl (C=O) groups is 1. The standard InChI is InChI=1S/C12H14ClFN2O2/c13-8-1-2-9(10(14)7-8)11(12(17)18)16-5-3-15-4-6-16/h1-2,7,11,15H,3-6H2,(H,17,18). The number of carboxylic acids is 1. The number of hydrogen-bond acceptors (Lipinski definition) is 3. The van der Waals surface area contributed by atoms with Crippen molar-refractivity contribution in [2.24, 2.45) is 0 Å². The number of halogens is 2. The predicted octanol–water partition coefficient (Wildman–Crippen LogP) is 1.51. The van der Waals surface area contributed by atoms with Crippen LogP contribution in [0.3, 0.4) is 0 Å². The fourth-order valence-electron chi connectivity index (χ4n) is 2.15. The van der Waals surface area contributed by atoms with Gasteiger partial charge in [-0.25, -0.2) is 4.39 Å². The van der Waals surface area contributed by atoms with E-state index < -0.39 is 17.8 Å². The molecule has 2 rings (SSSR count). The maximum atomic E-state index is 13.8. The van der Waals surface area contributed by atoms with Crippen molar-refractivity contribution in [3.63, 3.8) is 0 Å². The van der Waals surface area contributed by atoms with Gasteiger partial charge in [0.1, 0.15) is 11.9 Å². The SMILES string of the molecule is O=C(O)C(c1ccc(Cl)cc1F)N1CCNCC1. The summed E-state index contributed by atoms with van der Waals surface area (Å²) < 4.78 is 13.8. The Morgan fingerprint density at radius 1 is 1.44 bits per heavy atom. The molecule has 0 radical (unpaired) electrons. The summed E-state index contributed by atoms with van der Waals surface area (Å²) >= 11 is 5.68. The van der Waals surface area contributed by atoms with E-state index >= 15 is 0 Å². The van der Waals surface area contributed by atoms with E-state index in [1.165, 1.54) is 12.1 Å². The third-order valence-corrected chi connectivity index (χ3v) is 3.24. The first-order chi connectivity index (χ1) is 8.59. The summed E-state index contributed by atoms with van der Waals surface area (Å²) in [4.78, 5) is 13.1. The van der Waals surface area contributed by atoms with E-state index in [4.69, 9.17) is 11.6 Å². The number of benzene rings is 1. The van der Waals surface area contributed by atoms with Gasteiger partial charge < -0.3 is 10.4 Å². The smallest absolute Gasteiger partial charge is 0.325 e. The van der Waals surface area contributed by atoms with E-state index in [0.29, 0.717) is 26.2 Å². The Bertz CT molecular complexity index is 450. The Balaban J connectivity index is 2.31. The van der Waals surface area contributed by atoms with Gasteiger partial charge in [0, 0.05) is 36.8 Å². The van der Waals surface area contributed by atoms with Crippen LogP contribution in [0.15, 0.2) is 18.2 Å². The molecule has 1 unspecified atom stereocenters. The second kappa shape index (κ2) is 5.65. The number of nitrogens with one attached hydrogen (secondary N) is 1. The lowest BCUT2D eigenvalue weighted by Gasteiger charge is -2.32. The van der Waals surface area contributed by atoms with Crippen LogP contribution in [0.1, 0.15) is 11.6 Å². The van der Waals surface area contributed by atoms with Crippen LogP contribution >= 0.6 is 11.6 Å². The second-order valence-corrected chi connectivity index (χ2v) is 4.63. The third-order valence-electron chi connectivity index (χ3n) is 3.01. The monoisotopic (exact) mass is 272 g/mol. The highest BCUT2D eigenvalue weighted by molar-refractivity contribution is 6.30. The minimum Gasteiger partial charge on any atom is -0.480 e. The molecular formula is C12H14ClFN2O2. The lowest BCUT2D eigenvalue weighted by molar-refractivity contribution is -0.144. The molecule has 1 aromatic rings. The molecule has 18 heavy (non-hydrogen) atoms. The predicted molar refractivity (Wildman–Crippen MR) is 66.2 cm³/mol. The quantitative estimate of drug-likeness (QED) is 0.876. The van der Waals surface area contributed by atoms with Gasteiger partial charge in [-0.15, -0.1) is 0 Å². The molecule has 0 saturated carbocycles. The molecule has 0 spiro atoms. The van der Waals surface area contributed by atoms with Gasteiger partial charge in [0.2, 0.25) is 0 Å². The van der Waals surface area contributed by atoms with Crippen LogP contribution < -0.4 is 5.32 Å². The van der Waals surface area contributed by atoms with Gasteiger partial charge in [0.25, 0.3) is 0 Å². The van der Waals surface area contributed by atoms with Crippen molar-refractivity contribution >= 4 is 17.6 Å². The largest absolute Gasteiger partial charge is 0.480 e. The lowest BCUT2D eigenvalue weighted by Crippen LogP contribution is -2.47. The molecule has 1 aromatic carbocycles. The first kappa shape index (κ1) is 13.3. The number of nitrogens with zero attached hydrogens (tertiary/aromatic N) is 1. The van der Waals surface area contributed by atoms with Crippen LogP contribution in [0.4, 0.5) is 4.39 Å². The van der Waals surface area contributed by atoms with Crippen LogP contribution in [-0.2, 0) is 4.79 Å². The Kier molecular flexibility index (Phi) is 4.16. The van der Waals surface area contributed by atoms with Crippen molar-refractivity contribution in [1.82, 2.24) is 10.2 Å². The Hall–Kier alpha value is -1.17. The highest BCUT2D eigenvalue weighted by Gasteiger charge is 2.30. The zero-order valence-electron chi connectivity index (χ0n) is 9.70. The molecule has 0 amide bonds. The molecule has 1 fully saturated rings. The van der Waals surface area contributed by atoms with E-state index in [1.54, 1.807) is 4.90 Å². The summed E-state index contributed by atoms with van der Waals surface area (Å²) in [5.41, 5.74) is 0.161. The Labute approximate surface area is 109 Å². The molecule has 1 aliphatic rings. The van der Waals surface area contributed by atoms with Crippen molar-refractivity contribution in [1.29, 1.82) is 0 Å². The van der Waals surface area contributed by atoms with Crippen molar-refractivity contribution in [3.05, 3.63) is 34.6 Å². The molecule has 6 heteroatoms. The van der Waals surface area contributed by atoms with Crippen LogP contribution in [0.5, 0.6) is 0 Å². The summed E-state index contributed by atoms with van der Waals surface area (Å²) in [5, 5.41) is 12.7. The van der Waals surface area contributed by atoms with Gasteiger partial charge in [-0.2, -0.15) is 0 Å². The van der Waals surface area contributed by atoms with Gasteiger partial charge in [0.05, 0.1) is 0 Å². The molecule has 1 atom stereocenters. The van der Waals surface area contributed by atoms with E-state index in [9.17, 15) is 14.3 Å². The number of rotatable bonds is 3. The van der Waals surface area contributed by atoms with Crippen LogP contribution in [0.2, 0.25) is 5.02 Å². The summed E-state index contributed by atoms with van der Waals surface area (Å²) in [7, 11) is 0. The zero-order chi connectivity index (χ0) is 13.1. The minimum absolute atomic E-state index is 0.161. The Morgan fingerprint density at radius 3 is 2.67 bits per heavy atom. The van der Waals surface area contributed by atoms with Gasteiger partial charge in [-0.3, -0.25) is 9.69 Å². The van der Waals surface area contributed by atoms with Gasteiger partial charge >= 0.3 is 5.97 Å². The molecule has 1 aliphatic heterocycles. The fourth-order valence-corrected chi connectivity index (χ4v) is 2.31. The maximum absolute atomic E-state index is 13.8. The summed E-state index contributed by atoms with van der Waals surface area (Å²) in [6.07, 6.45) is 0. The van der Waals surface area contributed by atoms with E-state index in [-0.39, 0.29) is 10.6 Å². The fraction of sp³-hybridized carbons (Fsp3) is 0.417.